The van der Waals surface area contributed by atoms with E-state index in [0.29, 0.717) is 22.0 Å². The third-order valence-corrected chi connectivity index (χ3v) is 5.35. The molecule has 0 aliphatic rings. The fourth-order valence-electron chi connectivity index (χ4n) is 2.54. The van der Waals surface area contributed by atoms with Gasteiger partial charge in [-0.05, 0) is 31.2 Å². The molecule has 0 saturated heterocycles. The number of alkyl halides is 3. The van der Waals surface area contributed by atoms with Gasteiger partial charge in [0.15, 0.2) is 6.61 Å². The molecule has 1 amide bonds. The van der Waals surface area contributed by atoms with Crippen molar-refractivity contribution < 1.29 is 31.9 Å². The summed E-state index contributed by atoms with van der Waals surface area (Å²) in [5.74, 6) is -0.538. The van der Waals surface area contributed by atoms with Crippen molar-refractivity contribution in [1.82, 2.24) is 9.88 Å². The van der Waals surface area contributed by atoms with Crippen LogP contribution in [-0.2, 0) is 22.3 Å². The molecule has 1 aromatic carbocycles. The second-order valence-corrected chi connectivity index (χ2v) is 7.41. The van der Waals surface area contributed by atoms with Crippen LogP contribution in [0.15, 0.2) is 47.1 Å². The third kappa shape index (κ3) is 5.07. The predicted octanol–water partition coefficient (Wildman–Crippen LogP) is 4.55. The molecule has 0 fully saturated rings. The number of carbonyl (C=O) groups is 2. The van der Waals surface area contributed by atoms with Crippen molar-refractivity contribution in [3.05, 3.63) is 64.6 Å². The van der Waals surface area contributed by atoms with Gasteiger partial charge in [-0.25, -0.2) is 9.78 Å². The van der Waals surface area contributed by atoms with E-state index < -0.39 is 30.2 Å². The SMILES string of the molecule is Cc1nc(-c2ccc(C(F)(F)F)cc2)sc1C(=O)OCC(=O)N(C)Cc1ccco1. The molecule has 0 unspecified atom stereocenters. The second kappa shape index (κ2) is 8.70. The van der Waals surface area contributed by atoms with E-state index in [1.54, 1.807) is 26.1 Å². The molecular weight excluding hydrogens is 421 g/mol. The first-order valence-electron chi connectivity index (χ1n) is 8.73. The molecule has 2 aromatic heterocycles. The van der Waals surface area contributed by atoms with E-state index in [4.69, 9.17) is 9.15 Å². The van der Waals surface area contributed by atoms with Crippen LogP contribution in [0.3, 0.4) is 0 Å². The lowest BCUT2D eigenvalue weighted by Crippen LogP contribution is -2.30. The Balaban J connectivity index is 1.63. The van der Waals surface area contributed by atoms with E-state index >= 15 is 0 Å². The lowest BCUT2D eigenvalue weighted by atomic mass is 10.1. The number of aryl methyl sites for hydroxylation is 1. The van der Waals surface area contributed by atoms with Crippen LogP contribution in [0.25, 0.3) is 10.6 Å². The highest BCUT2D eigenvalue weighted by molar-refractivity contribution is 7.17. The Kier molecular flexibility index (Phi) is 6.25. The molecule has 10 heteroatoms. The van der Waals surface area contributed by atoms with E-state index in [1.807, 2.05) is 0 Å². The van der Waals surface area contributed by atoms with Crippen LogP contribution in [-0.4, -0.2) is 35.4 Å². The number of halogens is 3. The molecule has 0 aliphatic carbocycles. The predicted molar refractivity (Wildman–Crippen MR) is 103 cm³/mol. The Morgan fingerprint density at radius 2 is 1.90 bits per heavy atom. The van der Waals surface area contributed by atoms with Crippen molar-refractivity contribution in [3.63, 3.8) is 0 Å². The molecule has 0 spiro atoms. The minimum Gasteiger partial charge on any atom is -0.467 e. The summed E-state index contributed by atoms with van der Waals surface area (Å²) in [7, 11) is 1.55. The molecule has 0 atom stereocenters. The number of nitrogens with zero attached hydrogens (tertiary/aromatic N) is 2. The number of carbonyl (C=O) groups excluding carboxylic acids is 2. The van der Waals surface area contributed by atoms with E-state index in [0.717, 1.165) is 23.5 Å². The largest absolute Gasteiger partial charge is 0.467 e. The van der Waals surface area contributed by atoms with Gasteiger partial charge in [-0.3, -0.25) is 4.79 Å². The number of thiazole rings is 1. The quantitative estimate of drug-likeness (QED) is 0.528. The van der Waals surface area contributed by atoms with Gasteiger partial charge in [0.25, 0.3) is 5.91 Å². The molecule has 0 radical (unpaired) electrons. The average Bonchev–Trinajstić information content (AvgIpc) is 3.34. The maximum absolute atomic E-state index is 12.7. The molecule has 0 saturated carbocycles. The van der Waals surface area contributed by atoms with Crippen LogP contribution in [0.2, 0.25) is 0 Å². The van der Waals surface area contributed by atoms with E-state index in [1.165, 1.54) is 23.3 Å². The van der Waals surface area contributed by atoms with Gasteiger partial charge in [-0.2, -0.15) is 13.2 Å². The zero-order valence-corrected chi connectivity index (χ0v) is 16.8. The number of hydrogen-bond acceptors (Lipinski definition) is 6. The Bertz CT molecular complexity index is 1030. The number of amides is 1. The lowest BCUT2D eigenvalue weighted by molar-refractivity contribution is -0.137. The summed E-state index contributed by atoms with van der Waals surface area (Å²) in [6.07, 6.45) is -2.93. The van der Waals surface area contributed by atoms with Crippen molar-refractivity contribution in [2.24, 2.45) is 0 Å². The Labute approximate surface area is 173 Å². The maximum Gasteiger partial charge on any atom is 0.416 e. The Morgan fingerprint density at radius 3 is 2.50 bits per heavy atom. The minimum atomic E-state index is -4.43. The number of likely N-dealkylation sites (N-methyl/N-ethyl adjacent to an activating group) is 1. The lowest BCUT2D eigenvalue weighted by Gasteiger charge is -2.15. The van der Waals surface area contributed by atoms with Gasteiger partial charge in [0.05, 0.1) is 24.1 Å². The Hall–Kier alpha value is -3.14. The summed E-state index contributed by atoms with van der Waals surface area (Å²) in [6.45, 7) is 1.37. The number of hydrogen-bond donors (Lipinski definition) is 0. The zero-order valence-electron chi connectivity index (χ0n) is 16.0. The van der Waals surface area contributed by atoms with Crippen LogP contribution in [0.5, 0.6) is 0 Å². The standard InChI is InChI=1S/C20H17F3N2O4S/c1-12-17(19(27)29-11-16(26)25(2)10-15-4-3-9-28-15)30-18(24-12)13-5-7-14(8-6-13)20(21,22)23/h3-9H,10-11H2,1-2H3. The molecule has 3 aromatic rings. The van der Waals surface area contributed by atoms with Gasteiger partial charge < -0.3 is 14.1 Å². The fourth-order valence-corrected chi connectivity index (χ4v) is 3.50. The van der Waals surface area contributed by atoms with Gasteiger partial charge in [0.2, 0.25) is 0 Å². The van der Waals surface area contributed by atoms with Gasteiger partial charge in [-0.1, -0.05) is 12.1 Å². The molecule has 2 heterocycles. The molecule has 30 heavy (non-hydrogen) atoms. The van der Waals surface area contributed by atoms with Crippen LogP contribution >= 0.6 is 11.3 Å². The topological polar surface area (TPSA) is 72.6 Å². The number of ether oxygens (including phenoxy) is 1. The van der Waals surface area contributed by atoms with Crippen molar-refractivity contribution in [1.29, 1.82) is 0 Å². The third-order valence-electron chi connectivity index (χ3n) is 4.17. The average molecular weight is 438 g/mol. The number of furan rings is 1. The van der Waals surface area contributed by atoms with Crippen molar-refractivity contribution in [3.8, 4) is 10.6 Å². The first-order valence-corrected chi connectivity index (χ1v) is 9.55. The molecular formula is C20H17F3N2O4S. The summed E-state index contributed by atoms with van der Waals surface area (Å²) >= 11 is 0.991. The van der Waals surface area contributed by atoms with Gasteiger partial charge in [0.1, 0.15) is 15.6 Å². The minimum absolute atomic E-state index is 0.186. The summed E-state index contributed by atoms with van der Waals surface area (Å²) in [5, 5.41) is 0.384. The van der Waals surface area contributed by atoms with Gasteiger partial charge in [-0.15, -0.1) is 11.3 Å². The van der Waals surface area contributed by atoms with E-state index in [2.05, 4.69) is 4.98 Å². The van der Waals surface area contributed by atoms with Crippen LogP contribution in [0.1, 0.15) is 26.7 Å². The zero-order chi connectivity index (χ0) is 21.9. The fraction of sp³-hybridized carbons (Fsp3) is 0.250. The molecule has 0 bridgehead atoms. The summed E-state index contributed by atoms with van der Waals surface area (Å²) in [6, 6.07) is 7.93. The molecule has 158 valence electrons. The monoisotopic (exact) mass is 438 g/mol. The van der Waals surface area contributed by atoms with E-state index in [-0.39, 0.29) is 11.4 Å². The number of rotatable bonds is 6. The molecule has 0 N–H and O–H groups in total. The number of aromatic nitrogens is 1. The highest BCUT2D eigenvalue weighted by Crippen LogP contribution is 2.33. The smallest absolute Gasteiger partial charge is 0.416 e. The summed E-state index contributed by atoms with van der Waals surface area (Å²) < 4.78 is 48.3. The number of esters is 1. The highest BCUT2D eigenvalue weighted by Gasteiger charge is 2.30. The van der Waals surface area contributed by atoms with E-state index in [9.17, 15) is 22.8 Å². The summed E-state index contributed by atoms with van der Waals surface area (Å²) in [4.78, 5) is 30.3. The Morgan fingerprint density at radius 1 is 1.20 bits per heavy atom. The van der Waals surface area contributed by atoms with Crippen LogP contribution < -0.4 is 0 Å². The summed E-state index contributed by atoms with van der Waals surface area (Å²) in [5.41, 5.74) is 0.0528. The normalized spacial score (nSPS) is 11.4. The molecule has 3 rings (SSSR count). The van der Waals surface area contributed by atoms with Crippen LogP contribution in [0.4, 0.5) is 13.2 Å². The highest BCUT2D eigenvalue weighted by atomic mass is 32.1. The van der Waals surface area contributed by atoms with Crippen molar-refractivity contribution in [2.75, 3.05) is 13.7 Å². The van der Waals surface area contributed by atoms with Crippen LogP contribution in [0, 0.1) is 6.92 Å². The first kappa shape index (κ1) is 21.6. The van der Waals surface area contributed by atoms with Gasteiger partial charge >= 0.3 is 12.1 Å². The molecule has 0 aliphatic heterocycles. The first-order chi connectivity index (χ1) is 14.1. The second-order valence-electron chi connectivity index (χ2n) is 6.41. The van der Waals surface area contributed by atoms with Crippen molar-refractivity contribution in [2.45, 2.75) is 19.6 Å². The number of benzene rings is 1. The maximum atomic E-state index is 12.7. The van der Waals surface area contributed by atoms with Crippen molar-refractivity contribution >= 4 is 23.2 Å². The van der Waals surface area contributed by atoms with Gasteiger partial charge in [0, 0.05) is 12.6 Å². The molecule has 6 nitrogen and oxygen atoms in total.